The van der Waals surface area contributed by atoms with E-state index in [-0.39, 0.29) is 17.4 Å². The Balaban J connectivity index is 2.39. The number of carbonyl (C=O) groups excluding carboxylic acids is 1. The molecule has 76 valence electrons. The van der Waals surface area contributed by atoms with Crippen molar-refractivity contribution in [3.8, 4) is 0 Å². The first kappa shape index (κ1) is 9.51. The van der Waals surface area contributed by atoms with E-state index < -0.39 is 0 Å². The Morgan fingerprint density at radius 3 is 2.87 bits per heavy atom. The molecule has 0 bridgehead atoms. The number of halogens is 1. The van der Waals surface area contributed by atoms with Gasteiger partial charge >= 0.3 is 0 Å². The van der Waals surface area contributed by atoms with E-state index in [0.717, 1.165) is 0 Å². The summed E-state index contributed by atoms with van der Waals surface area (Å²) in [5.74, 6) is -0.472. The molecular weight excluding hydrogens is 197 g/mol. The molecule has 0 spiro atoms. The van der Waals surface area contributed by atoms with Crippen LogP contribution >= 0.6 is 0 Å². The van der Waals surface area contributed by atoms with Crippen molar-refractivity contribution in [3.05, 3.63) is 47.3 Å². The summed E-state index contributed by atoms with van der Waals surface area (Å²) in [5.41, 5.74) is 0.825. The largest absolute Gasteiger partial charge is 0.285 e. The lowest BCUT2D eigenvalue weighted by Crippen LogP contribution is -2.04. The van der Waals surface area contributed by atoms with Crippen LogP contribution in [0, 0.1) is 12.7 Å². The number of benzene rings is 1. The highest BCUT2D eigenvalue weighted by Crippen LogP contribution is 2.11. The van der Waals surface area contributed by atoms with Crippen molar-refractivity contribution in [2.45, 2.75) is 6.92 Å². The number of aryl methyl sites for hydroxylation is 1. The van der Waals surface area contributed by atoms with E-state index in [1.54, 1.807) is 6.92 Å². The fourth-order valence-electron chi connectivity index (χ4n) is 1.24. The van der Waals surface area contributed by atoms with Gasteiger partial charge in [0.05, 0.1) is 0 Å². The van der Waals surface area contributed by atoms with Gasteiger partial charge in [0, 0.05) is 5.56 Å². The van der Waals surface area contributed by atoms with Crippen molar-refractivity contribution < 1.29 is 9.18 Å². The normalized spacial score (nSPS) is 10.3. The highest BCUT2D eigenvalue weighted by molar-refractivity contribution is 6.06. The van der Waals surface area contributed by atoms with Crippen LogP contribution in [0.15, 0.2) is 24.5 Å². The number of carbonyl (C=O) groups is 1. The number of aromatic amines is 1. The molecule has 0 amide bonds. The molecule has 1 heterocycles. The van der Waals surface area contributed by atoms with E-state index in [1.165, 1.54) is 24.5 Å². The van der Waals surface area contributed by atoms with Crippen molar-refractivity contribution in [1.29, 1.82) is 0 Å². The summed E-state index contributed by atoms with van der Waals surface area (Å²) < 4.78 is 13.0. The van der Waals surface area contributed by atoms with Crippen LogP contribution in [-0.4, -0.2) is 21.0 Å². The fraction of sp³-hybridized carbons (Fsp3) is 0.100. The lowest BCUT2D eigenvalue weighted by atomic mass is 10.1. The highest BCUT2D eigenvalue weighted by atomic mass is 19.1. The molecule has 1 aromatic carbocycles. The summed E-state index contributed by atoms with van der Waals surface area (Å²) >= 11 is 0. The average Bonchev–Trinajstić information content (AvgIpc) is 2.74. The molecular formula is C10H8FN3O. The molecule has 0 aliphatic carbocycles. The Bertz CT molecular complexity index is 493. The molecule has 0 saturated heterocycles. The molecule has 0 saturated carbocycles. The van der Waals surface area contributed by atoms with Gasteiger partial charge in [-0.15, -0.1) is 0 Å². The molecule has 15 heavy (non-hydrogen) atoms. The van der Waals surface area contributed by atoms with Gasteiger partial charge < -0.3 is 0 Å². The van der Waals surface area contributed by atoms with Gasteiger partial charge in [-0.3, -0.25) is 9.89 Å². The van der Waals surface area contributed by atoms with E-state index >= 15 is 0 Å². The van der Waals surface area contributed by atoms with Crippen molar-refractivity contribution in [2.75, 3.05) is 0 Å². The first-order chi connectivity index (χ1) is 7.18. The van der Waals surface area contributed by atoms with Crippen LogP contribution in [0.5, 0.6) is 0 Å². The molecule has 0 fully saturated rings. The second kappa shape index (κ2) is 3.61. The first-order valence-electron chi connectivity index (χ1n) is 4.34. The van der Waals surface area contributed by atoms with Crippen LogP contribution in [-0.2, 0) is 0 Å². The standard InChI is InChI=1S/C10H8FN3O/c1-6-4-7(2-3-8(6)11)9(15)10-12-5-13-14-10/h2-5H,1H3,(H,12,13,14). The highest BCUT2D eigenvalue weighted by Gasteiger charge is 2.12. The van der Waals surface area contributed by atoms with Crippen LogP contribution in [0.2, 0.25) is 0 Å². The minimum atomic E-state index is -0.330. The van der Waals surface area contributed by atoms with E-state index in [0.29, 0.717) is 11.1 Å². The lowest BCUT2D eigenvalue weighted by molar-refractivity contribution is 0.102. The number of rotatable bonds is 2. The van der Waals surface area contributed by atoms with Crippen molar-refractivity contribution >= 4 is 5.78 Å². The Labute approximate surface area is 85.2 Å². The van der Waals surface area contributed by atoms with Crippen LogP contribution in [0.3, 0.4) is 0 Å². The summed E-state index contributed by atoms with van der Waals surface area (Å²) in [6.07, 6.45) is 1.25. The third-order valence-corrected chi connectivity index (χ3v) is 2.05. The van der Waals surface area contributed by atoms with Crippen molar-refractivity contribution in [3.63, 3.8) is 0 Å². The van der Waals surface area contributed by atoms with Crippen LogP contribution < -0.4 is 0 Å². The van der Waals surface area contributed by atoms with Gasteiger partial charge in [0.2, 0.25) is 5.78 Å². The second-order valence-electron chi connectivity index (χ2n) is 3.13. The predicted molar refractivity (Wildman–Crippen MR) is 51.0 cm³/mol. The number of aromatic nitrogens is 3. The third-order valence-electron chi connectivity index (χ3n) is 2.05. The molecule has 0 radical (unpaired) electrons. The maximum Gasteiger partial charge on any atom is 0.229 e. The number of nitrogens with one attached hydrogen (secondary N) is 1. The SMILES string of the molecule is Cc1cc(C(=O)c2ncn[nH]2)ccc1F. The quantitative estimate of drug-likeness (QED) is 0.755. The molecule has 0 aliphatic rings. The van der Waals surface area contributed by atoms with E-state index in [9.17, 15) is 9.18 Å². The Morgan fingerprint density at radius 1 is 1.47 bits per heavy atom. The minimum absolute atomic E-state index is 0.154. The van der Waals surface area contributed by atoms with E-state index in [4.69, 9.17) is 0 Å². The molecule has 2 rings (SSSR count). The summed E-state index contributed by atoms with van der Waals surface area (Å²) in [4.78, 5) is 15.4. The maximum atomic E-state index is 13.0. The summed E-state index contributed by atoms with van der Waals surface area (Å²) in [6.45, 7) is 1.60. The molecule has 4 nitrogen and oxygen atoms in total. The number of ketones is 1. The molecule has 0 aliphatic heterocycles. The summed E-state index contributed by atoms with van der Waals surface area (Å²) in [6, 6.07) is 4.17. The third kappa shape index (κ3) is 1.76. The average molecular weight is 205 g/mol. The smallest absolute Gasteiger partial charge is 0.229 e. The minimum Gasteiger partial charge on any atom is -0.285 e. The number of hydrogen-bond donors (Lipinski definition) is 1. The van der Waals surface area contributed by atoms with Gasteiger partial charge in [-0.25, -0.2) is 9.37 Å². The van der Waals surface area contributed by atoms with E-state index in [1.807, 2.05) is 0 Å². The van der Waals surface area contributed by atoms with Gasteiger partial charge in [0.25, 0.3) is 0 Å². The fourth-order valence-corrected chi connectivity index (χ4v) is 1.24. The van der Waals surface area contributed by atoms with Crippen molar-refractivity contribution in [2.24, 2.45) is 0 Å². The summed E-state index contributed by atoms with van der Waals surface area (Å²) in [7, 11) is 0. The predicted octanol–water partition coefficient (Wildman–Crippen LogP) is 1.48. The van der Waals surface area contributed by atoms with Crippen LogP contribution in [0.4, 0.5) is 4.39 Å². The van der Waals surface area contributed by atoms with Crippen molar-refractivity contribution in [1.82, 2.24) is 15.2 Å². The van der Waals surface area contributed by atoms with Gasteiger partial charge in [-0.1, -0.05) is 0 Å². The number of hydrogen-bond acceptors (Lipinski definition) is 3. The topological polar surface area (TPSA) is 58.6 Å². The molecule has 2 aromatic rings. The van der Waals surface area contributed by atoms with Crippen LogP contribution in [0.1, 0.15) is 21.7 Å². The van der Waals surface area contributed by atoms with Gasteiger partial charge in [0.15, 0.2) is 5.82 Å². The zero-order valence-electron chi connectivity index (χ0n) is 7.99. The Hall–Kier alpha value is -2.04. The molecule has 1 aromatic heterocycles. The Morgan fingerprint density at radius 2 is 2.27 bits per heavy atom. The number of nitrogens with zero attached hydrogens (tertiary/aromatic N) is 2. The second-order valence-corrected chi connectivity index (χ2v) is 3.13. The molecule has 0 unspecified atom stereocenters. The van der Waals surface area contributed by atoms with Gasteiger partial charge in [-0.2, -0.15) is 5.10 Å². The monoisotopic (exact) mass is 205 g/mol. The lowest BCUT2D eigenvalue weighted by Gasteiger charge is -1.99. The first-order valence-corrected chi connectivity index (χ1v) is 4.34. The number of H-pyrrole nitrogens is 1. The molecule has 1 N–H and O–H groups in total. The zero-order valence-corrected chi connectivity index (χ0v) is 7.99. The van der Waals surface area contributed by atoms with Gasteiger partial charge in [0.1, 0.15) is 12.1 Å². The van der Waals surface area contributed by atoms with Crippen LogP contribution in [0.25, 0.3) is 0 Å². The van der Waals surface area contributed by atoms with Gasteiger partial charge in [-0.05, 0) is 30.7 Å². The van der Waals surface area contributed by atoms with E-state index in [2.05, 4.69) is 15.2 Å². The molecule has 5 heteroatoms. The summed E-state index contributed by atoms with van der Waals surface area (Å²) in [5, 5.41) is 6.04. The zero-order chi connectivity index (χ0) is 10.8. The maximum absolute atomic E-state index is 13.0. The molecule has 0 atom stereocenters. The Kier molecular flexibility index (Phi) is 2.29.